The van der Waals surface area contributed by atoms with Crippen LogP contribution in [0.25, 0.3) is 22.7 Å². The van der Waals surface area contributed by atoms with E-state index in [0.717, 1.165) is 40.4 Å². The molecule has 0 saturated heterocycles. The molecule has 0 fully saturated rings. The maximum atomic E-state index is 12.8. The predicted octanol–water partition coefficient (Wildman–Crippen LogP) is -2.01. The molecular weight excluding hydrogens is 470 g/mol. The number of alkyl halides is 3. The third-order valence-electron chi connectivity index (χ3n) is 3.35. The van der Waals surface area contributed by atoms with E-state index < -0.39 is 11.7 Å². The molecule has 0 aliphatic rings. The molecule has 27 heavy (non-hydrogen) atoms. The Morgan fingerprint density at radius 3 is 2.48 bits per heavy atom. The molecule has 0 saturated carbocycles. The Hall–Kier alpha value is -0.229. The van der Waals surface area contributed by atoms with Gasteiger partial charge in [0.2, 0.25) is 0 Å². The molecule has 0 unspecified atom stereocenters. The van der Waals surface area contributed by atoms with Gasteiger partial charge in [-0.25, -0.2) is 9.97 Å². The van der Waals surface area contributed by atoms with Crippen LogP contribution in [0.5, 0.6) is 0 Å². The predicted molar refractivity (Wildman–Crippen MR) is 86.8 cm³/mol. The zero-order valence-electron chi connectivity index (χ0n) is 15.1. The van der Waals surface area contributed by atoms with Crippen LogP contribution in [0.4, 0.5) is 13.2 Å². The summed E-state index contributed by atoms with van der Waals surface area (Å²) in [5.41, 5.74) is 0.348. The van der Waals surface area contributed by atoms with Gasteiger partial charge < -0.3 is 26.5 Å². The molecule has 5 nitrogen and oxygen atoms in total. The van der Waals surface area contributed by atoms with Crippen LogP contribution in [-0.2, 0) is 37.6 Å². The number of aryl methyl sites for hydroxylation is 2. The van der Waals surface area contributed by atoms with Gasteiger partial charge >= 0.3 is 52.0 Å². The minimum atomic E-state index is -4.44. The van der Waals surface area contributed by atoms with Crippen LogP contribution in [-0.4, -0.2) is 29.8 Å². The standard InChI is InChI=1S/C14H13F3N5S.2ClH.Li.Zn/c1-4-23-13-10(19-7-21(13)2)12-20-9-5-8(14(15,16)17)6-18-11(9)22(12)3;;;;/h5-6H,4H2,1-3H3;2*1H;;/q-1;;;+1;+2/p-2. The number of thioether (sulfide) groups is 1. The maximum absolute atomic E-state index is 12.8. The van der Waals surface area contributed by atoms with Crippen molar-refractivity contribution in [3.63, 3.8) is 0 Å². The SMILES string of the molecule is CCSc1c(-c2nc3cc(C(F)(F)F)cnc3n2C)n[c-]n1C.[Cl-].[Cl][Zn+].[Li+]. The minimum Gasteiger partial charge on any atom is 1.00 e. The van der Waals surface area contributed by atoms with Crippen LogP contribution in [0, 0.1) is 6.33 Å². The number of hydrogen-bond donors (Lipinski definition) is 0. The number of aromatic nitrogens is 5. The number of rotatable bonds is 3. The normalized spacial score (nSPS) is 10.7. The van der Waals surface area contributed by atoms with Crippen molar-refractivity contribution in [1.82, 2.24) is 24.1 Å². The Balaban J connectivity index is 0.00000164. The summed E-state index contributed by atoms with van der Waals surface area (Å²) in [4.78, 5) is 12.4. The second-order valence-electron chi connectivity index (χ2n) is 4.92. The fourth-order valence-corrected chi connectivity index (χ4v) is 3.05. The molecule has 3 rings (SSSR count). The Kier molecular flexibility index (Phi) is 11.0. The largest absolute Gasteiger partial charge is 1.00 e. The first kappa shape index (κ1) is 26.8. The summed E-state index contributed by atoms with van der Waals surface area (Å²) in [6.07, 6.45) is -0.804. The topological polar surface area (TPSA) is 48.5 Å². The maximum Gasteiger partial charge on any atom is 1.00 e. The molecule has 0 aromatic carbocycles. The average molecular weight is 484 g/mol. The van der Waals surface area contributed by atoms with Gasteiger partial charge in [-0.1, -0.05) is 11.9 Å². The first-order valence-electron chi connectivity index (χ1n) is 7.07. The summed E-state index contributed by atoms with van der Waals surface area (Å²) in [5, 5.41) is 0.863. The van der Waals surface area contributed by atoms with Gasteiger partial charge in [0.05, 0.1) is 11.4 Å². The molecule has 3 aromatic heterocycles. The van der Waals surface area contributed by atoms with Crippen molar-refractivity contribution in [3.05, 3.63) is 24.2 Å². The fourth-order valence-electron chi connectivity index (χ4n) is 2.27. The fraction of sp³-hybridized carbons (Fsp3) is 0.357. The molecular formula is C14H13Cl2F3LiN5SZn. The van der Waals surface area contributed by atoms with E-state index in [1.165, 1.54) is 0 Å². The van der Waals surface area contributed by atoms with Crippen molar-refractivity contribution in [2.75, 3.05) is 5.75 Å². The van der Waals surface area contributed by atoms with E-state index in [-0.39, 0.29) is 36.8 Å². The Labute approximate surface area is 191 Å². The summed E-state index contributed by atoms with van der Waals surface area (Å²) in [7, 11) is 8.29. The Morgan fingerprint density at radius 1 is 1.30 bits per heavy atom. The van der Waals surface area contributed by atoms with Crippen molar-refractivity contribution < 1.29 is 61.8 Å². The Bertz CT molecular complexity index is 888. The van der Waals surface area contributed by atoms with Crippen LogP contribution >= 0.6 is 21.5 Å². The summed E-state index contributed by atoms with van der Waals surface area (Å²) >= 11 is 2.42. The van der Waals surface area contributed by atoms with E-state index >= 15 is 0 Å². The van der Waals surface area contributed by atoms with Crippen molar-refractivity contribution in [2.45, 2.75) is 18.1 Å². The molecule has 0 N–H and O–H groups in total. The van der Waals surface area contributed by atoms with Crippen LogP contribution < -0.4 is 31.3 Å². The summed E-state index contributed by atoms with van der Waals surface area (Å²) in [6.45, 7) is 2.01. The molecule has 0 aliphatic heterocycles. The quantitative estimate of drug-likeness (QED) is 0.246. The van der Waals surface area contributed by atoms with Crippen LogP contribution in [0.2, 0.25) is 0 Å². The number of halogens is 5. The van der Waals surface area contributed by atoms with Crippen LogP contribution in [0.15, 0.2) is 17.3 Å². The van der Waals surface area contributed by atoms with Gasteiger partial charge in [0, 0.05) is 19.6 Å². The molecule has 0 bridgehead atoms. The van der Waals surface area contributed by atoms with Gasteiger partial charge in [-0.05, 0) is 24.6 Å². The number of pyridine rings is 1. The van der Waals surface area contributed by atoms with Gasteiger partial charge in [0.25, 0.3) is 0 Å². The van der Waals surface area contributed by atoms with E-state index in [0.29, 0.717) is 17.2 Å². The van der Waals surface area contributed by atoms with Crippen LogP contribution in [0.3, 0.4) is 0 Å². The van der Waals surface area contributed by atoms with E-state index in [1.54, 1.807) is 27.9 Å². The van der Waals surface area contributed by atoms with E-state index in [1.807, 2.05) is 14.0 Å². The molecule has 3 heterocycles. The smallest absolute Gasteiger partial charge is 1.00 e. The minimum absolute atomic E-state index is 0. The van der Waals surface area contributed by atoms with Gasteiger partial charge in [-0.15, -0.1) is 0 Å². The second kappa shape index (κ2) is 11.1. The average Bonchev–Trinajstić information content (AvgIpc) is 3.10. The zero-order valence-corrected chi connectivity index (χ0v) is 20.4. The molecule has 3 aromatic rings. The first-order chi connectivity index (χ1) is 11.8. The molecule has 0 spiro atoms. The second-order valence-corrected chi connectivity index (χ2v) is 6.17. The monoisotopic (exact) mass is 481 g/mol. The summed E-state index contributed by atoms with van der Waals surface area (Å²) < 4.78 is 41.8. The number of hydrogen-bond acceptors (Lipinski definition) is 4. The van der Waals surface area contributed by atoms with Crippen molar-refractivity contribution in [2.24, 2.45) is 14.1 Å². The van der Waals surface area contributed by atoms with Gasteiger partial charge in [-0.3, -0.25) is 0 Å². The van der Waals surface area contributed by atoms with Crippen molar-refractivity contribution >= 4 is 32.6 Å². The van der Waals surface area contributed by atoms with Crippen LogP contribution in [0.1, 0.15) is 12.5 Å². The number of imidazole rings is 2. The van der Waals surface area contributed by atoms with Gasteiger partial charge in [-0.2, -0.15) is 24.9 Å². The number of nitrogens with zero attached hydrogens (tertiary/aromatic N) is 5. The van der Waals surface area contributed by atoms with Gasteiger partial charge in [0.15, 0.2) is 5.65 Å². The molecule has 138 valence electrons. The summed E-state index contributed by atoms with van der Waals surface area (Å²) in [6, 6.07) is 1.01. The molecule has 13 heteroatoms. The first-order valence-corrected chi connectivity index (χ1v) is 11.9. The Morgan fingerprint density at radius 2 is 1.93 bits per heavy atom. The van der Waals surface area contributed by atoms with Crippen molar-refractivity contribution in [1.29, 1.82) is 0 Å². The van der Waals surface area contributed by atoms with E-state index in [2.05, 4.69) is 21.3 Å². The molecule has 0 atom stereocenters. The molecule has 0 aliphatic carbocycles. The third kappa shape index (κ3) is 5.65. The van der Waals surface area contributed by atoms with E-state index in [9.17, 15) is 13.2 Å². The third-order valence-corrected chi connectivity index (χ3v) is 4.38. The summed E-state index contributed by atoms with van der Waals surface area (Å²) in [5.74, 6) is 1.31. The van der Waals surface area contributed by atoms with Gasteiger partial charge in [0.1, 0.15) is 5.52 Å². The van der Waals surface area contributed by atoms with E-state index in [4.69, 9.17) is 9.69 Å². The molecule has 0 amide bonds. The van der Waals surface area contributed by atoms with Crippen molar-refractivity contribution in [3.8, 4) is 11.5 Å². The molecule has 0 radical (unpaired) electrons. The zero-order chi connectivity index (χ0) is 18.8. The number of fused-ring (bicyclic) bond motifs is 1.